The maximum atomic E-state index is 12.8. The van der Waals surface area contributed by atoms with Crippen LogP contribution in [0.5, 0.6) is 0 Å². The fourth-order valence-electron chi connectivity index (χ4n) is 1.39. The number of carboxylic acids is 1. The van der Waals surface area contributed by atoms with Crippen LogP contribution in [0.15, 0.2) is 18.2 Å². The van der Waals surface area contributed by atoms with Crippen molar-refractivity contribution in [2.75, 3.05) is 6.61 Å². The molecule has 15 heavy (non-hydrogen) atoms. The van der Waals surface area contributed by atoms with Crippen LogP contribution in [0.4, 0.5) is 4.39 Å². The number of halogens is 1. The summed E-state index contributed by atoms with van der Waals surface area (Å²) in [4.78, 5) is 10.9. The minimum atomic E-state index is -1.06. The number of hydrogen-bond donors (Lipinski definition) is 1. The van der Waals surface area contributed by atoms with E-state index in [1.54, 1.807) is 13.8 Å². The predicted molar refractivity (Wildman–Crippen MR) is 53.1 cm³/mol. The molecule has 0 heterocycles. The lowest BCUT2D eigenvalue weighted by molar-refractivity contribution is -0.150. The molecule has 0 bridgehead atoms. The van der Waals surface area contributed by atoms with Crippen LogP contribution < -0.4 is 0 Å². The lowest BCUT2D eigenvalue weighted by Gasteiger charge is -2.14. The topological polar surface area (TPSA) is 46.5 Å². The zero-order valence-corrected chi connectivity index (χ0v) is 8.66. The highest BCUT2D eigenvalue weighted by molar-refractivity contribution is 5.74. The molecule has 0 aromatic heterocycles. The van der Waals surface area contributed by atoms with E-state index in [-0.39, 0.29) is 5.82 Å². The Morgan fingerprint density at radius 1 is 1.60 bits per heavy atom. The maximum absolute atomic E-state index is 12.8. The summed E-state index contributed by atoms with van der Waals surface area (Å²) in [6, 6.07) is 3.97. The first-order valence-electron chi connectivity index (χ1n) is 4.66. The minimum Gasteiger partial charge on any atom is -0.479 e. The molecule has 3 nitrogen and oxygen atoms in total. The SMILES string of the molecule is CCOC(C(=O)O)c1ccc(F)cc1C. The summed E-state index contributed by atoms with van der Waals surface area (Å²) in [5.74, 6) is -1.44. The van der Waals surface area contributed by atoms with Crippen LogP contribution in [0.2, 0.25) is 0 Å². The summed E-state index contributed by atoms with van der Waals surface area (Å²) < 4.78 is 17.9. The molecule has 0 spiro atoms. The molecule has 4 heteroatoms. The molecule has 0 saturated carbocycles. The van der Waals surface area contributed by atoms with Crippen LogP contribution in [0.1, 0.15) is 24.2 Å². The molecule has 1 atom stereocenters. The lowest BCUT2D eigenvalue weighted by atomic mass is 10.0. The third kappa shape index (κ3) is 2.76. The van der Waals surface area contributed by atoms with Crippen LogP contribution in [0, 0.1) is 12.7 Å². The Balaban J connectivity index is 3.05. The Kier molecular flexibility index (Phi) is 3.80. The molecule has 1 aromatic rings. The van der Waals surface area contributed by atoms with Crippen molar-refractivity contribution in [3.05, 3.63) is 35.1 Å². The number of ether oxygens (including phenoxy) is 1. The molecule has 0 fully saturated rings. The molecule has 1 N–H and O–H groups in total. The highest BCUT2D eigenvalue weighted by atomic mass is 19.1. The molecular weight excluding hydrogens is 199 g/mol. The van der Waals surface area contributed by atoms with Gasteiger partial charge in [0.05, 0.1) is 0 Å². The molecule has 0 aliphatic rings. The first-order chi connectivity index (χ1) is 7.06. The van der Waals surface area contributed by atoms with Gasteiger partial charge in [-0.3, -0.25) is 0 Å². The van der Waals surface area contributed by atoms with Crippen LogP contribution in [-0.2, 0) is 9.53 Å². The maximum Gasteiger partial charge on any atom is 0.337 e. The van der Waals surface area contributed by atoms with Gasteiger partial charge in [-0.25, -0.2) is 9.18 Å². The van der Waals surface area contributed by atoms with Crippen molar-refractivity contribution in [1.82, 2.24) is 0 Å². The van der Waals surface area contributed by atoms with Gasteiger partial charge in [-0.15, -0.1) is 0 Å². The lowest BCUT2D eigenvalue weighted by Crippen LogP contribution is -2.16. The summed E-state index contributed by atoms with van der Waals surface area (Å²) >= 11 is 0. The zero-order valence-electron chi connectivity index (χ0n) is 8.66. The summed E-state index contributed by atoms with van der Waals surface area (Å²) in [5.41, 5.74) is 1.07. The Morgan fingerprint density at radius 3 is 2.73 bits per heavy atom. The van der Waals surface area contributed by atoms with E-state index in [0.717, 1.165) is 0 Å². The molecule has 0 amide bonds. The smallest absolute Gasteiger partial charge is 0.337 e. The molecule has 1 unspecified atom stereocenters. The molecule has 1 aromatic carbocycles. The summed E-state index contributed by atoms with van der Waals surface area (Å²) in [6.45, 7) is 3.68. The van der Waals surface area contributed by atoms with E-state index >= 15 is 0 Å². The summed E-state index contributed by atoms with van der Waals surface area (Å²) in [7, 11) is 0. The molecule has 0 radical (unpaired) electrons. The number of hydrogen-bond acceptors (Lipinski definition) is 2. The largest absolute Gasteiger partial charge is 0.479 e. The van der Waals surface area contributed by atoms with Gasteiger partial charge in [-0.05, 0) is 37.1 Å². The van der Waals surface area contributed by atoms with Crippen molar-refractivity contribution in [3.63, 3.8) is 0 Å². The number of rotatable bonds is 4. The van der Waals surface area contributed by atoms with Gasteiger partial charge in [0.2, 0.25) is 0 Å². The third-order valence-electron chi connectivity index (χ3n) is 2.07. The van der Waals surface area contributed by atoms with E-state index < -0.39 is 12.1 Å². The summed E-state index contributed by atoms with van der Waals surface area (Å²) in [5, 5.41) is 8.93. The van der Waals surface area contributed by atoms with Crippen molar-refractivity contribution in [2.24, 2.45) is 0 Å². The third-order valence-corrected chi connectivity index (χ3v) is 2.07. The van der Waals surface area contributed by atoms with E-state index in [1.807, 2.05) is 0 Å². The average molecular weight is 212 g/mol. The standard InChI is InChI=1S/C11H13FO3/c1-3-15-10(11(13)14)9-5-4-8(12)6-7(9)2/h4-6,10H,3H2,1-2H3,(H,13,14). The molecule has 1 rings (SSSR count). The quantitative estimate of drug-likeness (QED) is 0.832. The number of benzene rings is 1. The van der Waals surface area contributed by atoms with E-state index in [0.29, 0.717) is 17.7 Å². The van der Waals surface area contributed by atoms with Gasteiger partial charge in [0.25, 0.3) is 0 Å². The van der Waals surface area contributed by atoms with Gasteiger partial charge in [-0.2, -0.15) is 0 Å². The highest BCUT2D eigenvalue weighted by Gasteiger charge is 2.21. The first kappa shape index (κ1) is 11.7. The second-order valence-corrected chi connectivity index (χ2v) is 3.17. The van der Waals surface area contributed by atoms with Crippen molar-refractivity contribution in [3.8, 4) is 0 Å². The first-order valence-corrected chi connectivity index (χ1v) is 4.66. The summed E-state index contributed by atoms with van der Waals surface area (Å²) in [6.07, 6.45) is -1.02. The monoisotopic (exact) mass is 212 g/mol. The van der Waals surface area contributed by atoms with Crippen molar-refractivity contribution in [1.29, 1.82) is 0 Å². The fraction of sp³-hybridized carbons (Fsp3) is 0.364. The Hall–Kier alpha value is -1.42. The van der Waals surface area contributed by atoms with Crippen LogP contribution in [0.3, 0.4) is 0 Å². The zero-order chi connectivity index (χ0) is 11.4. The van der Waals surface area contributed by atoms with Crippen molar-refractivity contribution < 1.29 is 19.0 Å². The minimum absolute atomic E-state index is 0.299. The van der Waals surface area contributed by atoms with Gasteiger partial charge < -0.3 is 9.84 Å². The van der Waals surface area contributed by atoms with E-state index in [2.05, 4.69) is 0 Å². The Bertz CT molecular complexity index is 363. The fourth-order valence-corrected chi connectivity index (χ4v) is 1.39. The van der Waals surface area contributed by atoms with E-state index in [9.17, 15) is 9.18 Å². The van der Waals surface area contributed by atoms with Gasteiger partial charge in [0, 0.05) is 6.61 Å². The number of aliphatic carboxylic acids is 1. The average Bonchev–Trinajstić information content (AvgIpc) is 2.15. The van der Waals surface area contributed by atoms with Crippen LogP contribution >= 0.6 is 0 Å². The Morgan fingerprint density at radius 2 is 2.27 bits per heavy atom. The van der Waals surface area contributed by atoms with Gasteiger partial charge in [0.15, 0.2) is 6.10 Å². The second kappa shape index (κ2) is 4.89. The molecule has 0 aliphatic heterocycles. The molecule has 0 saturated heterocycles. The predicted octanol–water partition coefficient (Wildman–Crippen LogP) is 2.30. The van der Waals surface area contributed by atoms with Gasteiger partial charge in [-0.1, -0.05) is 6.07 Å². The Labute approximate surface area is 87.5 Å². The number of carbonyl (C=O) groups is 1. The van der Waals surface area contributed by atoms with Crippen LogP contribution in [0.25, 0.3) is 0 Å². The van der Waals surface area contributed by atoms with Gasteiger partial charge in [0.1, 0.15) is 5.82 Å². The van der Waals surface area contributed by atoms with Crippen LogP contribution in [-0.4, -0.2) is 17.7 Å². The highest BCUT2D eigenvalue weighted by Crippen LogP contribution is 2.22. The van der Waals surface area contributed by atoms with E-state index in [1.165, 1.54) is 18.2 Å². The molecule has 0 aliphatic carbocycles. The second-order valence-electron chi connectivity index (χ2n) is 3.17. The number of carboxylic acid groups (broad SMARTS) is 1. The van der Waals surface area contributed by atoms with Gasteiger partial charge >= 0.3 is 5.97 Å². The van der Waals surface area contributed by atoms with E-state index in [4.69, 9.17) is 9.84 Å². The van der Waals surface area contributed by atoms with Crippen molar-refractivity contribution in [2.45, 2.75) is 20.0 Å². The molecular formula is C11H13FO3. The molecule has 82 valence electrons. The normalized spacial score (nSPS) is 12.5. The van der Waals surface area contributed by atoms with Crippen molar-refractivity contribution >= 4 is 5.97 Å². The number of aryl methyl sites for hydroxylation is 1.